The quantitative estimate of drug-likeness (QED) is 0.728. The first kappa shape index (κ1) is 17.1. The fourth-order valence-corrected chi connectivity index (χ4v) is 3.16. The van der Waals surface area contributed by atoms with E-state index in [0.717, 1.165) is 4.90 Å². The summed E-state index contributed by atoms with van der Waals surface area (Å²) in [6.45, 7) is 3.38. The van der Waals surface area contributed by atoms with Crippen LogP contribution in [0.2, 0.25) is 0 Å². The molecule has 1 atom stereocenters. The largest absolute Gasteiger partial charge is 0.368 e. The third kappa shape index (κ3) is 3.12. The van der Waals surface area contributed by atoms with Crippen molar-refractivity contribution in [3.63, 3.8) is 0 Å². The summed E-state index contributed by atoms with van der Waals surface area (Å²) in [5.41, 5.74) is 5.97. The van der Waals surface area contributed by atoms with Crippen molar-refractivity contribution >= 4 is 23.6 Å². The highest BCUT2D eigenvalue weighted by Crippen LogP contribution is 2.22. The van der Waals surface area contributed by atoms with Gasteiger partial charge in [-0.25, -0.2) is 0 Å². The average Bonchev–Trinajstić information content (AvgIpc) is 2.86. The molecule has 1 aromatic carbocycles. The lowest BCUT2D eigenvalue weighted by atomic mass is 10.1. The number of piperazine rings is 1. The Labute approximate surface area is 145 Å². The minimum absolute atomic E-state index is 0.266. The Balaban J connectivity index is 1.60. The maximum atomic E-state index is 12.5. The Morgan fingerprint density at radius 3 is 2.04 bits per heavy atom. The van der Waals surface area contributed by atoms with Crippen LogP contribution < -0.4 is 5.73 Å². The summed E-state index contributed by atoms with van der Waals surface area (Å²) in [5, 5.41) is 0. The van der Waals surface area contributed by atoms with Crippen molar-refractivity contribution in [2.24, 2.45) is 5.73 Å². The Hall–Kier alpha value is -2.74. The van der Waals surface area contributed by atoms with Gasteiger partial charge in [-0.2, -0.15) is 0 Å². The van der Waals surface area contributed by atoms with E-state index in [9.17, 15) is 19.2 Å². The van der Waals surface area contributed by atoms with Gasteiger partial charge in [-0.15, -0.1) is 0 Å². The number of benzene rings is 1. The van der Waals surface area contributed by atoms with Gasteiger partial charge in [-0.1, -0.05) is 12.1 Å². The van der Waals surface area contributed by atoms with Gasteiger partial charge < -0.3 is 10.6 Å². The molecule has 0 radical (unpaired) electrons. The van der Waals surface area contributed by atoms with E-state index < -0.39 is 17.7 Å². The Morgan fingerprint density at radius 1 is 1.04 bits per heavy atom. The molecule has 8 nitrogen and oxygen atoms in total. The van der Waals surface area contributed by atoms with Gasteiger partial charge in [0, 0.05) is 26.2 Å². The zero-order valence-electron chi connectivity index (χ0n) is 14.0. The molecule has 2 aliphatic heterocycles. The van der Waals surface area contributed by atoms with Crippen molar-refractivity contribution in [2.45, 2.75) is 13.0 Å². The molecule has 0 aromatic heterocycles. The molecule has 0 spiro atoms. The smallest absolute Gasteiger partial charge is 0.262 e. The molecule has 2 N–H and O–H groups in total. The first-order chi connectivity index (χ1) is 11.9. The van der Waals surface area contributed by atoms with Crippen molar-refractivity contribution in [2.75, 3.05) is 32.7 Å². The van der Waals surface area contributed by atoms with E-state index in [0.29, 0.717) is 37.3 Å². The Kier molecular flexibility index (Phi) is 4.54. The van der Waals surface area contributed by atoms with Gasteiger partial charge in [0.15, 0.2) is 0 Å². The second kappa shape index (κ2) is 6.64. The third-order valence-corrected chi connectivity index (χ3v) is 4.80. The van der Waals surface area contributed by atoms with Crippen molar-refractivity contribution in [3.05, 3.63) is 35.4 Å². The molecular formula is C17H20N4O4. The van der Waals surface area contributed by atoms with Crippen LogP contribution in [0.4, 0.5) is 0 Å². The number of carbonyl (C=O) groups excluding carboxylic acids is 4. The Bertz CT molecular complexity index is 705. The van der Waals surface area contributed by atoms with Crippen molar-refractivity contribution in [1.82, 2.24) is 14.7 Å². The summed E-state index contributed by atoms with van der Waals surface area (Å²) in [6.07, 6.45) is 0. The van der Waals surface area contributed by atoms with E-state index in [1.54, 1.807) is 36.1 Å². The third-order valence-electron chi connectivity index (χ3n) is 4.80. The molecule has 25 heavy (non-hydrogen) atoms. The summed E-state index contributed by atoms with van der Waals surface area (Å²) in [4.78, 5) is 52.9. The van der Waals surface area contributed by atoms with Gasteiger partial charge in [0.2, 0.25) is 11.8 Å². The number of nitrogens with zero attached hydrogens (tertiary/aromatic N) is 3. The molecule has 0 bridgehead atoms. The molecule has 3 rings (SSSR count). The molecule has 0 aliphatic carbocycles. The van der Waals surface area contributed by atoms with Crippen molar-refractivity contribution < 1.29 is 19.2 Å². The van der Waals surface area contributed by atoms with Crippen molar-refractivity contribution in [1.29, 1.82) is 0 Å². The van der Waals surface area contributed by atoms with Gasteiger partial charge in [-0.05, 0) is 19.1 Å². The monoisotopic (exact) mass is 344 g/mol. The van der Waals surface area contributed by atoms with Gasteiger partial charge in [0.05, 0.1) is 17.2 Å². The summed E-state index contributed by atoms with van der Waals surface area (Å²) < 4.78 is 0. The first-order valence-corrected chi connectivity index (χ1v) is 8.16. The van der Waals surface area contributed by atoms with Gasteiger partial charge in [-0.3, -0.25) is 29.0 Å². The van der Waals surface area contributed by atoms with Crippen LogP contribution in [0.25, 0.3) is 0 Å². The number of carbonyl (C=O) groups is 4. The molecule has 2 aliphatic rings. The molecule has 1 saturated heterocycles. The van der Waals surface area contributed by atoms with Crippen LogP contribution in [0.3, 0.4) is 0 Å². The fraction of sp³-hybridized carbons (Fsp3) is 0.412. The number of hydrogen-bond donors (Lipinski definition) is 1. The predicted molar refractivity (Wildman–Crippen MR) is 88.6 cm³/mol. The van der Waals surface area contributed by atoms with E-state index in [4.69, 9.17) is 5.73 Å². The van der Waals surface area contributed by atoms with E-state index in [1.165, 1.54) is 0 Å². The molecule has 2 heterocycles. The number of amides is 4. The van der Waals surface area contributed by atoms with Crippen LogP contribution in [-0.2, 0) is 9.59 Å². The zero-order chi connectivity index (χ0) is 18.1. The molecule has 132 valence electrons. The normalized spacial score (nSPS) is 19.1. The zero-order valence-corrected chi connectivity index (χ0v) is 14.0. The fourth-order valence-electron chi connectivity index (χ4n) is 3.16. The van der Waals surface area contributed by atoms with Gasteiger partial charge in [0.1, 0.15) is 6.54 Å². The van der Waals surface area contributed by atoms with Gasteiger partial charge in [0.25, 0.3) is 11.8 Å². The minimum Gasteiger partial charge on any atom is -0.368 e. The summed E-state index contributed by atoms with van der Waals surface area (Å²) in [6, 6.07) is 6.17. The number of imide groups is 1. The molecule has 1 unspecified atom stereocenters. The minimum atomic E-state index is -0.435. The van der Waals surface area contributed by atoms with Crippen LogP contribution >= 0.6 is 0 Å². The SMILES string of the molecule is CC(C(N)=O)N1CCN(C(=O)CN2C(=O)c3ccccc3C2=O)CC1. The molecule has 8 heteroatoms. The van der Waals surface area contributed by atoms with Gasteiger partial charge >= 0.3 is 0 Å². The van der Waals surface area contributed by atoms with E-state index >= 15 is 0 Å². The number of primary amides is 1. The molecular weight excluding hydrogens is 324 g/mol. The lowest BCUT2D eigenvalue weighted by Gasteiger charge is -2.37. The lowest BCUT2D eigenvalue weighted by molar-refractivity contribution is -0.134. The first-order valence-electron chi connectivity index (χ1n) is 8.16. The topological polar surface area (TPSA) is 104 Å². The highest BCUT2D eigenvalue weighted by molar-refractivity contribution is 6.22. The standard InChI is InChI=1S/C17H20N4O4/c1-11(15(18)23)19-6-8-20(9-7-19)14(22)10-21-16(24)12-4-2-3-5-13(12)17(21)25/h2-5,11H,6-10H2,1H3,(H2,18,23). The second-order valence-corrected chi connectivity index (χ2v) is 6.24. The lowest BCUT2D eigenvalue weighted by Crippen LogP contribution is -2.55. The van der Waals surface area contributed by atoms with Crippen LogP contribution in [0.5, 0.6) is 0 Å². The van der Waals surface area contributed by atoms with Crippen molar-refractivity contribution in [3.8, 4) is 0 Å². The average molecular weight is 344 g/mol. The summed E-state index contributed by atoms with van der Waals surface area (Å²) >= 11 is 0. The number of nitrogens with two attached hydrogens (primary N) is 1. The van der Waals surface area contributed by atoms with Crippen LogP contribution in [0.15, 0.2) is 24.3 Å². The highest BCUT2D eigenvalue weighted by Gasteiger charge is 2.37. The number of hydrogen-bond acceptors (Lipinski definition) is 5. The van der Waals surface area contributed by atoms with Crippen LogP contribution in [-0.4, -0.2) is 77.1 Å². The van der Waals surface area contributed by atoms with Crippen LogP contribution in [0.1, 0.15) is 27.6 Å². The van der Waals surface area contributed by atoms with E-state index in [-0.39, 0.29) is 18.5 Å². The molecule has 0 saturated carbocycles. The Morgan fingerprint density at radius 2 is 1.56 bits per heavy atom. The molecule has 1 fully saturated rings. The number of rotatable bonds is 4. The highest BCUT2D eigenvalue weighted by atomic mass is 16.2. The maximum Gasteiger partial charge on any atom is 0.262 e. The second-order valence-electron chi connectivity index (χ2n) is 6.24. The van der Waals surface area contributed by atoms with E-state index in [2.05, 4.69) is 0 Å². The summed E-state index contributed by atoms with van der Waals surface area (Å²) in [5.74, 6) is -1.54. The van der Waals surface area contributed by atoms with Crippen LogP contribution in [0, 0.1) is 0 Å². The molecule has 1 aromatic rings. The predicted octanol–water partition coefficient (Wildman–Crippen LogP) is -0.699. The summed E-state index contributed by atoms with van der Waals surface area (Å²) in [7, 11) is 0. The van der Waals surface area contributed by atoms with E-state index in [1.807, 2.05) is 4.90 Å². The maximum absolute atomic E-state index is 12.5. The number of fused-ring (bicyclic) bond motifs is 1. The molecule has 4 amide bonds.